The van der Waals surface area contributed by atoms with Crippen molar-refractivity contribution < 1.29 is 14.4 Å². The average Bonchev–Trinajstić information content (AvgIpc) is 2.93. The number of aromatic carboxylic acids is 1. The van der Waals surface area contributed by atoms with Crippen molar-refractivity contribution in [2.45, 2.75) is 0 Å². The predicted molar refractivity (Wildman–Crippen MR) is 68.5 cm³/mol. The van der Waals surface area contributed by atoms with Gasteiger partial charge in [0.2, 0.25) is 0 Å². The zero-order valence-electron chi connectivity index (χ0n) is 8.98. The molecule has 2 aromatic heterocycles. The highest BCUT2D eigenvalue weighted by molar-refractivity contribution is 9.10. The summed E-state index contributed by atoms with van der Waals surface area (Å²) in [6.45, 7) is 0. The van der Waals surface area contributed by atoms with E-state index in [9.17, 15) is 4.79 Å². The molecule has 0 radical (unpaired) electrons. The Morgan fingerprint density at radius 1 is 1.33 bits per heavy atom. The molecular formula is C12H7BrN2O3. The second-order valence-electron chi connectivity index (χ2n) is 3.80. The number of halogens is 1. The van der Waals surface area contributed by atoms with Crippen molar-refractivity contribution in [3.05, 3.63) is 40.5 Å². The number of fused-ring (bicyclic) bond motifs is 1. The van der Waals surface area contributed by atoms with Gasteiger partial charge in [0, 0.05) is 21.4 Å². The van der Waals surface area contributed by atoms with Crippen LogP contribution in [0.2, 0.25) is 0 Å². The van der Waals surface area contributed by atoms with Gasteiger partial charge in [0.1, 0.15) is 0 Å². The van der Waals surface area contributed by atoms with Crippen molar-refractivity contribution in [3.63, 3.8) is 0 Å². The Balaban J connectivity index is 2.10. The van der Waals surface area contributed by atoms with Crippen molar-refractivity contribution in [2.24, 2.45) is 0 Å². The Morgan fingerprint density at radius 3 is 2.89 bits per heavy atom. The van der Waals surface area contributed by atoms with Gasteiger partial charge < -0.3 is 14.6 Å². The molecule has 3 aromatic rings. The number of rotatable bonds is 2. The van der Waals surface area contributed by atoms with E-state index in [0.29, 0.717) is 11.5 Å². The minimum absolute atomic E-state index is 0.107. The Kier molecular flexibility index (Phi) is 2.45. The second kappa shape index (κ2) is 3.99. The Bertz CT molecular complexity index is 745. The van der Waals surface area contributed by atoms with Crippen LogP contribution in [0.25, 0.3) is 22.4 Å². The molecule has 0 spiro atoms. The number of carbonyl (C=O) groups is 1. The number of nitrogens with one attached hydrogen (secondary N) is 1. The van der Waals surface area contributed by atoms with E-state index in [1.54, 1.807) is 0 Å². The van der Waals surface area contributed by atoms with E-state index in [1.807, 2.05) is 24.3 Å². The number of carboxylic acid groups (broad SMARTS) is 1. The average molecular weight is 307 g/mol. The fourth-order valence-corrected chi connectivity index (χ4v) is 2.12. The van der Waals surface area contributed by atoms with Crippen molar-refractivity contribution in [1.29, 1.82) is 0 Å². The smallest absolute Gasteiger partial charge is 0.358 e. The van der Waals surface area contributed by atoms with E-state index in [0.717, 1.165) is 15.4 Å². The molecule has 2 heterocycles. The molecule has 5 nitrogen and oxygen atoms in total. The molecule has 0 bridgehead atoms. The molecule has 90 valence electrons. The lowest BCUT2D eigenvalue weighted by Gasteiger charge is -1.89. The van der Waals surface area contributed by atoms with Gasteiger partial charge in [-0.05, 0) is 24.3 Å². The predicted octanol–water partition coefficient (Wildman–Crippen LogP) is 3.28. The Morgan fingerprint density at radius 2 is 2.17 bits per heavy atom. The van der Waals surface area contributed by atoms with Crippen LogP contribution in [0.5, 0.6) is 0 Å². The topological polar surface area (TPSA) is 79.1 Å². The molecule has 0 fully saturated rings. The zero-order chi connectivity index (χ0) is 12.7. The van der Waals surface area contributed by atoms with Gasteiger partial charge in [-0.25, -0.2) is 4.79 Å². The van der Waals surface area contributed by atoms with E-state index in [1.165, 1.54) is 6.07 Å². The molecule has 3 rings (SSSR count). The third-order valence-electron chi connectivity index (χ3n) is 2.58. The van der Waals surface area contributed by atoms with Crippen molar-refractivity contribution >= 4 is 32.8 Å². The van der Waals surface area contributed by atoms with Gasteiger partial charge in [0.15, 0.2) is 11.5 Å². The molecule has 0 aliphatic heterocycles. The molecule has 2 N–H and O–H groups in total. The lowest BCUT2D eigenvalue weighted by molar-refractivity contribution is 0.0686. The molecular weight excluding hydrogens is 300 g/mol. The lowest BCUT2D eigenvalue weighted by Crippen LogP contribution is -1.94. The van der Waals surface area contributed by atoms with Gasteiger partial charge in [0.25, 0.3) is 0 Å². The zero-order valence-corrected chi connectivity index (χ0v) is 10.6. The van der Waals surface area contributed by atoms with Crippen molar-refractivity contribution in [3.8, 4) is 11.5 Å². The highest BCUT2D eigenvalue weighted by Gasteiger charge is 2.13. The van der Waals surface area contributed by atoms with E-state index >= 15 is 0 Å². The summed E-state index contributed by atoms with van der Waals surface area (Å²) in [7, 11) is 0. The van der Waals surface area contributed by atoms with E-state index in [2.05, 4.69) is 26.1 Å². The molecule has 18 heavy (non-hydrogen) atoms. The first kappa shape index (κ1) is 11.0. The number of benzene rings is 1. The third-order valence-corrected chi connectivity index (χ3v) is 3.07. The molecule has 0 aliphatic rings. The number of nitrogens with zero attached hydrogens (tertiary/aromatic N) is 1. The second-order valence-corrected chi connectivity index (χ2v) is 4.71. The van der Waals surface area contributed by atoms with Crippen LogP contribution >= 0.6 is 15.9 Å². The van der Waals surface area contributed by atoms with Gasteiger partial charge in [-0.2, -0.15) is 0 Å². The highest BCUT2D eigenvalue weighted by atomic mass is 79.9. The van der Waals surface area contributed by atoms with Gasteiger partial charge >= 0.3 is 5.97 Å². The van der Waals surface area contributed by atoms with Gasteiger partial charge in [0.05, 0.1) is 5.69 Å². The quantitative estimate of drug-likeness (QED) is 0.761. The number of aromatic amines is 1. The first-order valence-electron chi connectivity index (χ1n) is 5.12. The molecule has 0 amide bonds. The fourth-order valence-electron chi connectivity index (χ4n) is 1.74. The maximum atomic E-state index is 10.7. The van der Waals surface area contributed by atoms with E-state index in [-0.39, 0.29) is 5.69 Å². The molecule has 0 aliphatic carbocycles. The monoisotopic (exact) mass is 306 g/mol. The summed E-state index contributed by atoms with van der Waals surface area (Å²) in [6.07, 6.45) is 0. The number of H-pyrrole nitrogens is 1. The van der Waals surface area contributed by atoms with Crippen LogP contribution in [0.15, 0.2) is 39.3 Å². The molecule has 0 saturated heterocycles. The van der Waals surface area contributed by atoms with Crippen LogP contribution < -0.4 is 0 Å². The summed E-state index contributed by atoms with van der Waals surface area (Å²) in [5.74, 6) is -0.705. The molecule has 6 heteroatoms. The number of aromatic nitrogens is 2. The minimum atomic E-state index is -1.11. The summed E-state index contributed by atoms with van der Waals surface area (Å²) >= 11 is 3.39. The van der Waals surface area contributed by atoms with Crippen LogP contribution in [0, 0.1) is 0 Å². The number of hydrogen-bond acceptors (Lipinski definition) is 3. The first-order chi connectivity index (χ1) is 8.63. The lowest BCUT2D eigenvalue weighted by atomic mass is 10.2. The molecule has 0 atom stereocenters. The third kappa shape index (κ3) is 1.80. The van der Waals surface area contributed by atoms with E-state index in [4.69, 9.17) is 9.63 Å². The molecule has 0 unspecified atom stereocenters. The highest BCUT2D eigenvalue weighted by Crippen LogP contribution is 2.26. The van der Waals surface area contributed by atoms with E-state index < -0.39 is 5.97 Å². The number of hydrogen-bond donors (Lipinski definition) is 2. The van der Waals surface area contributed by atoms with Gasteiger partial charge in [-0.1, -0.05) is 21.1 Å². The van der Waals surface area contributed by atoms with Crippen LogP contribution in [-0.4, -0.2) is 21.2 Å². The van der Waals surface area contributed by atoms with Gasteiger partial charge in [-0.3, -0.25) is 0 Å². The summed E-state index contributed by atoms with van der Waals surface area (Å²) < 4.78 is 5.97. The number of carboxylic acids is 1. The molecule has 0 saturated carbocycles. The van der Waals surface area contributed by atoms with Crippen LogP contribution in [-0.2, 0) is 0 Å². The van der Waals surface area contributed by atoms with Crippen molar-refractivity contribution in [2.75, 3.05) is 0 Å². The standard InChI is InChI=1S/C12H7BrN2O3/c13-7-1-2-8-6(3-7)4-9(14-8)11-5-10(12(16)17)15-18-11/h1-5,14H,(H,16,17). The van der Waals surface area contributed by atoms with Crippen LogP contribution in [0.4, 0.5) is 0 Å². The van der Waals surface area contributed by atoms with Crippen LogP contribution in [0.1, 0.15) is 10.5 Å². The maximum absolute atomic E-state index is 10.7. The Labute approximate surface area is 110 Å². The summed E-state index contributed by atoms with van der Waals surface area (Å²) in [5.41, 5.74) is 1.54. The summed E-state index contributed by atoms with van der Waals surface area (Å²) in [4.78, 5) is 13.9. The minimum Gasteiger partial charge on any atom is -0.476 e. The fraction of sp³-hybridized carbons (Fsp3) is 0. The maximum Gasteiger partial charge on any atom is 0.358 e. The summed E-state index contributed by atoms with van der Waals surface area (Å²) in [5, 5.41) is 13.3. The normalized spacial score (nSPS) is 10.9. The van der Waals surface area contributed by atoms with Crippen LogP contribution in [0.3, 0.4) is 0 Å². The van der Waals surface area contributed by atoms with Crippen molar-refractivity contribution in [1.82, 2.24) is 10.1 Å². The Hall–Kier alpha value is -2.08. The largest absolute Gasteiger partial charge is 0.476 e. The molecule has 1 aromatic carbocycles. The van der Waals surface area contributed by atoms with Gasteiger partial charge in [-0.15, -0.1) is 0 Å². The SMILES string of the molecule is O=C(O)c1cc(-c2cc3cc(Br)ccc3[nH]2)on1. The summed E-state index contributed by atoms with van der Waals surface area (Å²) in [6, 6.07) is 9.08. The first-order valence-corrected chi connectivity index (χ1v) is 5.91.